The first kappa shape index (κ1) is 13.9. The van der Waals surface area contributed by atoms with E-state index in [1.54, 1.807) is 10.6 Å². The normalized spacial score (nSPS) is 13.7. The van der Waals surface area contributed by atoms with Gasteiger partial charge in [-0.1, -0.05) is 0 Å². The highest BCUT2D eigenvalue weighted by Crippen LogP contribution is 2.29. The number of ether oxygens (including phenoxy) is 2. The minimum absolute atomic E-state index is 0.176. The molecule has 7 nitrogen and oxygen atoms in total. The van der Waals surface area contributed by atoms with Crippen molar-refractivity contribution in [2.45, 2.75) is 20.1 Å². The zero-order valence-corrected chi connectivity index (χ0v) is 12.4. The van der Waals surface area contributed by atoms with Gasteiger partial charge in [0, 0.05) is 17.7 Å². The van der Waals surface area contributed by atoms with E-state index >= 15 is 0 Å². The number of nitrogens with one attached hydrogen (secondary N) is 1. The van der Waals surface area contributed by atoms with Crippen LogP contribution in [-0.2, 0) is 17.9 Å². The van der Waals surface area contributed by atoms with Crippen LogP contribution in [0.4, 0.5) is 10.2 Å². The zero-order chi connectivity index (χ0) is 15.8. The van der Waals surface area contributed by atoms with Crippen molar-refractivity contribution in [1.29, 1.82) is 0 Å². The molecular formula is C15H14FN5O2. The summed E-state index contributed by atoms with van der Waals surface area (Å²) in [6.07, 6.45) is 0. The van der Waals surface area contributed by atoms with Crippen molar-refractivity contribution in [3.63, 3.8) is 0 Å². The monoisotopic (exact) mass is 315 g/mol. The summed E-state index contributed by atoms with van der Waals surface area (Å²) in [6.45, 7) is 2.74. The van der Waals surface area contributed by atoms with Gasteiger partial charge in [0.2, 0.25) is 0 Å². The highest BCUT2D eigenvalue weighted by Gasteiger charge is 2.17. The summed E-state index contributed by atoms with van der Waals surface area (Å²) in [7, 11) is 0. The second kappa shape index (κ2) is 5.47. The van der Waals surface area contributed by atoms with Crippen molar-refractivity contribution < 1.29 is 13.9 Å². The molecule has 0 aliphatic carbocycles. The first-order valence-corrected chi connectivity index (χ1v) is 7.15. The third kappa shape index (κ3) is 2.57. The predicted molar refractivity (Wildman–Crippen MR) is 79.5 cm³/mol. The van der Waals surface area contributed by atoms with Crippen LogP contribution in [-0.4, -0.2) is 26.6 Å². The number of benzene rings is 1. The van der Waals surface area contributed by atoms with E-state index in [0.29, 0.717) is 41.8 Å². The lowest BCUT2D eigenvalue weighted by Gasteiger charge is -2.21. The van der Waals surface area contributed by atoms with E-state index < -0.39 is 0 Å². The predicted octanol–water partition coefficient (Wildman–Crippen LogP) is 2.05. The second-order valence-corrected chi connectivity index (χ2v) is 5.25. The fourth-order valence-electron chi connectivity index (χ4n) is 2.56. The maximum Gasteiger partial charge on any atom is 0.189 e. The van der Waals surface area contributed by atoms with Gasteiger partial charge in [0.05, 0.1) is 6.61 Å². The van der Waals surface area contributed by atoms with E-state index in [2.05, 4.69) is 20.6 Å². The third-order valence-corrected chi connectivity index (χ3v) is 3.63. The van der Waals surface area contributed by atoms with Gasteiger partial charge in [-0.2, -0.15) is 4.52 Å². The van der Waals surface area contributed by atoms with Crippen molar-refractivity contribution in [2.75, 3.05) is 12.1 Å². The summed E-state index contributed by atoms with van der Waals surface area (Å²) in [4.78, 5) is 0. The van der Waals surface area contributed by atoms with Gasteiger partial charge in [0.1, 0.15) is 17.4 Å². The summed E-state index contributed by atoms with van der Waals surface area (Å²) in [6, 6.07) is 6.52. The molecule has 0 bridgehead atoms. The van der Waals surface area contributed by atoms with Crippen LogP contribution >= 0.6 is 0 Å². The molecule has 0 radical (unpaired) electrons. The Bertz CT molecular complexity index is 880. The number of nitrogens with zero attached hydrogens (tertiary/aromatic N) is 4. The van der Waals surface area contributed by atoms with Crippen LogP contribution in [0.3, 0.4) is 0 Å². The maximum atomic E-state index is 13.7. The highest BCUT2D eigenvalue weighted by molar-refractivity contribution is 5.47. The van der Waals surface area contributed by atoms with E-state index in [4.69, 9.17) is 9.47 Å². The van der Waals surface area contributed by atoms with Crippen molar-refractivity contribution in [3.8, 4) is 5.75 Å². The Morgan fingerprint density at radius 1 is 1.30 bits per heavy atom. The van der Waals surface area contributed by atoms with Gasteiger partial charge in [-0.05, 0) is 31.2 Å². The minimum atomic E-state index is -0.312. The van der Waals surface area contributed by atoms with Gasteiger partial charge < -0.3 is 14.8 Å². The number of hydrogen-bond donors (Lipinski definition) is 1. The number of rotatable bonds is 3. The quantitative estimate of drug-likeness (QED) is 0.797. The van der Waals surface area contributed by atoms with Crippen LogP contribution in [0.25, 0.3) is 5.65 Å². The number of fused-ring (bicyclic) bond motifs is 2. The van der Waals surface area contributed by atoms with Crippen LogP contribution in [0, 0.1) is 12.7 Å². The Morgan fingerprint density at radius 3 is 3.13 bits per heavy atom. The fourth-order valence-corrected chi connectivity index (χ4v) is 2.56. The molecule has 8 heteroatoms. The standard InChI is InChI=1S/C15H14FN5O2/c1-9-18-19-14-3-2-13(20-21(9)14)17-6-10-4-12(16)5-11-7-22-8-23-15(10)11/h2-5H,6-8H2,1H3,(H,17,20). The molecule has 0 saturated carbocycles. The molecule has 0 fully saturated rings. The first-order chi connectivity index (χ1) is 11.2. The Hall–Kier alpha value is -2.74. The van der Waals surface area contributed by atoms with E-state index in [1.165, 1.54) is 12.1 Å². The number of anilines is 1. The lowest BCUT2D eigenvalue weighted by Crippen LogP contribution is -2.15. The molecule has 1 aliphatic rings. The molecule has 4 rings (SSSR count). The molecule has 1 aliphatic heterocycles. The van der Waals surface area contributed by atoms with E-state index in [0.717, 1.165) is 5.56 Å². The molecule has 23 heavy (non-hydrogen) atoms. The molecule has 0 saturated heterocycles. The van der Waals surface area contributed by atoms with Crippen LogP contribution in [0.15, 0.2) is 24.3 Å². The Kier molecular flexibility index (Phi) is 3.30. The molecule has 0 spiro atoms. The summed E-state index contributed by atoms with van der Waals surface area (Å²) >= 11 is 0. The maximum absolute atomic E-state index is 13.7. The van der Waals surface area contributed by atoms with Crippen molar-refractivity contribution in [3.05, 3.63) is 47.0 Å². The van der Waals surface area contributed by atoms with E-state index in [-0.39, 0.29) is 12.6 Å². The smallest absolute Gasteiger partial charge is 0.189 e. The Balaban J connectivity index is 1.60. The zero-order valence-electron chi connectivity index (χ0n) is 12.4. The average Bonchev–Trinajstić information content (AvgIpc) is 2.93. The van der Waals surface area contributed by atoms with Crippen LogP contribution in [0.1, 0.15) is 17.0 Å². The van der Waals surface area contributed by atoms with Crippen LogP contribution < -0.4 is 10.1 Å². The molecule has 3 aromatic rings. The van der Waals surface area contributed by atoms with Gasteiger partial charge in [-0.15, -0.1) is 15.3 Å². The molecule has 3 heterocycles. The van der Waals surface area contributed by atoms with Gasteiger partial charge >= 0.3 is 0 Å². The number of aryl methyl sites for hydroxylation is 1. The lowest BCUT2D eigenvalue weighted by molar-refractivity contribution is -0.0172. The number of aromatic nitrogens is 4. The van der Waals surface area contributed by atoms with Gasteiger partial charge in [0.25, 0.3) is 0 Å². The largest absolute Gasteiger partial charge is 0.467 e. The van der Waals surface area contributed by atoms with Gasteiger partial charge in [0.15, 0.2) is 18.3 Å². The summed E-state index contributed by atoms with van der Waals surface area (Å²) in [5.74, 6) is 1.71. The SMILES string of the molecule is Cc1nnc2ccc(NCc3cc(F)cc4c3OCOC4)nn12. The van der Waals surface area contributed by atoms with E-state index in [1.807, 2.05) is 13.0 Å². The van der Waals surface area contributed by atoms with E-state index in [9.17, 15) is 4.39 Å². The number of halogens is 1. The highest BCUT2D eigenvalue weighted by atomic mass is 19.1. The van der Waals surface area contributed by atoms with Gasteiger partial charge in [-0.25, -0.2) is 4.39 Å². The Labute approximate surface area is 131 Å². The minimum Gasteiger partial charge on any atom is -0.467 e. The van der Waals surface area contributed by atoms with Crippen LogP contribution in [0.2, 0.25) is 0 Å². The third-order valence-electron chi connectivity index (χ3n) is 3.63. The number of hydrogen-bond acceptors (Lipinski definition) is 6. The molecule has 1 aromatic carbocycles. The molecule has 0 atom stereocenters. The topological polar surface area (TPSA) is 73.6 Å². The summed E-state index contributed by atoms with van der Waals surface area (Å²) in [5.41, 5.74) is 2.12. The fraction of sp³-hybridized carbons (Fsp3) is 0.267. The summed E-state index contributed by atoms with van der Waals surface area (Å²) in [5, 5.41) is 15.5. The van der Waals surface area contributed by atoms with Crippen molar-refractivity contribution >= 4 is 11.5 Å². The molecular weight excluding hydrogens is 301 g/mol. The molecule has 2 aromatic heterocycles. The molecule has 118 valence electrons. The first-order valence-electron chi connectivity index (χ1n) is 7.15. The Morgan fingerprint density at radius 2 is 2.22 bits per heavy atom. The lowest BCUT2D eigenvalue weighted by atomic mass is 10.1. The van der Waals surface area contributed by atoms with Crippen molar-refractivity contribution in [2.24, 2.45) is 0 Å². The van der Waals surface area contributed by atoms with Crippen molar-refractivity contribution in [1.82, 2.24) is 19.8 Å². The molecule has 1 N–H and O–H groups in total. The second-order valence-electron chi connectivity index (χ2n) is 5.25. The average molecular weight is 315 g/mol. The molecule has 0 unspecified atom stereocenters. The molecule has 0 amide bonds. The van der Waals surface area contributed by atoms with Crippen LogP contribution in [0.5, 0.6) is 5.75 Å². The summed E-state index contributed by atoms with van der Waals surface area (Å²) < 4.78 is 26.1. The van der Waals surface area contributed by atoms with Gasteiger partial charge in [-0.3, -0.25) is 0 Å².